The molecule has 48 heavy (non-hydrogen) atoms. The topological polar surface area (TPSA) is 103 Å². The maximum Gasteiger partial charge on any atom is 0.164 e. The molecule has 1 atom stereocenters. The fourth-order valence-electron chi connectivity index (χ4n) is 7.62. The van der Waals surface area contributed by atoms with Crippen LogP contribution >= 0.6 is 0 Å². The number of rotatable bonds is 9. The molecule has 4 aliphatic heterocycles. The van der Waals surface area contributed by atoms with Crippen LogP contribution in [0.2, 0.25) is 0 Å². The van der Waals surface area contributed by atoms with Crippen molar-refractivity contribution in [3.8, 4) is 0 Å². The molecule has 2 aromatic carbocycles. The van der Waals surface area contributed by atoms with E-state index in [0.717, 1.165) is 75.2 Å². The number of halogens is 2. The van der Waals surface area contributed by atoms with Gasteiger partial charge in [-0.15, -0.1) is 0 Å². The number of benzene rings is 2. The lowest BCUT2D eigenvalue weighted by molar-refractivity contribution is 0.0115. The molecular weight excluding hydrogens is 640 g/mol. The Hall–Kier alpha value is -3.59. The predicted molar refractivity (Wildman–Crippen MR) is 182 cm³/mol. The second-order valence-electron chi connectivity index (χ2n) is 13.4. The van der Waals surface area contributed by atoms with Crippen LogP contribution in [0.1, 0.15) is 36.4 Å². The van der Waals surface area contributed by atoms with Crippen LogP contribution in [0.25, 0.3) is 0 Å². The van der Waals surface area contributed by atoms with Crippen molar-refractivity contribution in [2.45, 2.75) is 38.3 Å². The zero-order chi connectivity index (χ0) is 33.4. The predicted octanol–water partition coefficient (Wildman–Crippen LogP) is 4.47. The highest BCUT2D eigenvalue weighted by molar-refractivity contribution is 7.90. The van der Waals surface area contributed by atoms with Crippen molar-refractivity contribution in [3.05, 3.63) is 65.5 Å². The average molecular weight is 684 g/mol. The zero-order valence-electron chi connectivity index (χ0n) is 27.4. The largest absolute Gasteiger partial charge is 0.379 e. The number of morpholine rings is 1. The van der Waals surface area contributed by atoms with Gasteiger partial charge in [0.1, 0.15) is 22.0 Å². The summed E-state index contributed by atoms with van der Waals surface area (Å²) in [5, 5.41) is 4.95. The average Bonchev–Trinajstić information content (AvgIpc) is 3.54. The Balaban J connectivity index is 1.12. The summed E-state index contributed by atoms with van der Waals surface area (Å²) in [5.41, 5.74) is 4.43. The van der Waals surface area contributed by atoms with Crippen molar-refractivity contribution in [2.24, 2.45) is 5.92 Å². The van der Waals surface area contributed by atoms with Crippen molar-refractivity contribution in [3.63, 3.8) is 0 Å². The van der Waals surface area contributed by atoms with Gasteiger partial charge in [0.15, 0.2) is 17.5 Å². The number of anilines is 5. The third-order valence-corrected chi connectivity index (χ3v) is 10.9. The quantitative estimate of drug-likeness (QED) is 0.346. The smallest absolute Gasteiger partial charge is 0.164 e. The molecule has 14 heteroatoms. The summed E-state index contributed by atoms with van der Waals surface area (Å²) in [4.78, 5) is 22.0. The van der Waals surface area contributed by atoms with E-state index in [0.29, 0.717) is 43.8 Å². The second-order valence-corrected chi connectivity index (χ2v) is 15.6. The Kier molecular flexibility index (Phi) is 9.42. The Morgan fingerprint density at radius 3 is 2.48 bits per heavy atom. The summed E-state index contributed by atoms with van der Waals surface area (Å²) >= 11 is 0. The number of nitrogens with zero attached hydrogens (tertiary/aromatic N) is 6. The van der Waals surface area contributed by atoms with Crippen molar-refractivity contribution in [2.75, 3.05) is 91.3 Å². The molecule has 3 aromatic rings. The standard InChI is InChI=1S/C34H43F2N7O4S/c1-23-16-25(39-31-18-32(38-22-37-31)43-29(8-13-47-43)27-4-3-5-28(35)33(27)36)17-30(42-19-24(20-42)21-48(2,44)45)34(23)41-9-6-26(7-10-41)40-11-14-46-15-12-40/h3-5,16-18,22,24,26,29H,6-15,19-21H2,1-2H3,(H,37,38,39)/t29-/m1/s1. The molecule has 0 radical (unpaired) electrons. The van der Waals surface area contributed by atoms with Gasteiger partial charge in [0.05, 0.1) is 43.0 Å². The number of hydrogen-bond acceptors (Lipinski definition) is 11. The van der Waals surface area contributed by atoms with Gasteiger partial charge in [-0.05, 0) is 43.5 Å². The molecular formula is C34H43F2N7O4S. The van der Waals surface area contributed by atoms with E-state index in [2.05, 4.69) is 49.0 Å². The fourth-order valence-corrected chi connectivity index (χ4v) is 8.69. The Labute approximate surface area is 280 Å². The van der Waals surface area contributed by atoms with Crippen LogP contribution in [0, 0.1) is 24.5 Å². The molecule has 7 rings (SSSR count). The van der Waals surface area contributed by atoms with Crippen LogP contribution in [0.15, 0.2) is 42.7 Å². The molecule has 11 nitrogen and oxygen atoms in total. The second kappa shape index (κ2) is 13.7. The first-order valence-electron chi connectivity index (χ1n) is 16.7. The number of nitrogens with one attached hydrogen (secondary N) is 1. The Morgan fingerprint density at radius 2 is 1.73 bits per heavy atom. The minimum absolute atomic E-state index is 0.0950. The summed E-state index contributed by atoms with van der Waals surface area (Å²) < 4.78 is 58.4. The van der Waals surface area contributed by atoms with Crippen LogP contribution in [-0.4, -0.2) is 100 Å². The summed E-state index contributed by atoms with van der Waals surface area (Å²) in [6.45, 7) is 9.28. The first kappa shape index (κ1) is 32.9. The van der Waals surface area contributed by atoms with Crippen LogP contribution < -0.4 is 20.2 Å². The fraction of sp³-hybridized carbons (Fsp3) is 0.529. The van der Waals surface area contributed by atoms with E-state index in [-0.39, 0.29) is 17.2 Å². The maximum absolute atomic E-state index is 14.7. The molecule has 0 aliphatic carbocycles. The van der Waals surface area contributed by atoms with Gasteiger partial charge in [0, 0.05) is 81.2 Å². The lowest BCUT2D eigenvalue weighted by Gasteiger charge is -2.45. The van der Waals surface area contributed by atoms with Crippen molar-refractivity contribution in [1.29, 1.82) is 0 Å². The first-order valence-corrected chi connectivity index (χ1v) is 18.8. The molecule has 4 fully saturated rings. The molecule has 1 N–H and O–H groups in total. The maximum atomic E-state index is 14.7. The summed E-state index contributed by atoms with van der Waals surface area (Å²) in [7, 11) is -3.06. The van der Waals surface area contributed by atoms with Gasteiger partial charge in [-0.2, -0.15) is 0 Å². The van der Waals surface area contributed by atoms with Gasteiger partial charge in [0.2, 0.25) is 0 Å². The number of aromatic nitrogens is 2. The molecule has 4 saturated heterocycles. The number of sulfone groups is 1. The molecule has 0 unspecified atom stereocenters. The number of ether oxygens (including phenoxy) is 1. The molecule has 0 saturated carbocycles. The van der Waals surface area contributed by atoms with Gasteiger partial charge in [0.25, 0.3) is 0 Å². The highest BCUT2D eigenvalue weighted by Gasteiger charge is 2.35. The normalized spacial score (nSPS) is 21.5. The minimum Gasteiger partial charge on any atom is -0.379 e. The molecule has 258 valence electrons. The third kappa shape index (κ3) is 7.07. The van der Waals surface area contributed by atoms with Gasteiger partial charge < -0.3 is 19.9 Å². The van der Waals surface area contributed by atoms with E-state index in [4.69, 9.17) is 9.57 Å². The highest BCUT2D eigenvalue weighted by atomic mass is 32.2. The number of piperidine rings is 1. The molecule has 0 amide bonds. The zero-order valence-corrected chi connectivity index (χ0v) is 28.3. The molecule has 5 heterocycles. The van der Waals surface area contributed by atoms with Crippen molar-refractivity contribution >= 4 is 38.5 Å². The minimum atomic E-state index is -3.06. The molecule has 0 spiro atoms. The van der Waals surface area contributed by atoms with E-state index in [1.165, 1.54) is 29.4 Å². The highest BCUT2D eigenvalue weighted by Crippen LogP contribution is 2.42. The van der Waals surface area contributed by atoms with Crippen LogP contribution in [-0.2, 0) is 19.4 Å². The lowest BCUT2D eigenvalue weighted by Crippen LogP contribution is -2.51. The third-order valence-electron chi connectivity index (χ3n) is 9.86. The summed E-state index contributed by atoms with van der Waals surface area (Å²) in [5.74, 6) is -0.547. The lowest BCUT2D eigenvalue weighted by atomic mass is 9.97. The van der Waals surface area contributed by atoms with Gasteiger partial charge in [-0.3, -0.25) is 9.74 Å². The van der Waals surface area contributed by atoms with Crippen LogP contribution in [0.3, 0.4) is 0 Å². The van der Waals surface area contributed by atoms with Gasteiger partial charge >= 0.3 is 0 Å². The number of aryl methyl sites for hydroxylation is 1. The molecule has 1 aromatic heterocycles. The van der Waals surface area contributed by atoms with Gasteiger partial charge in [-0.25, -0.2) is 32.2 Å². The summed E-state index contributed by atoms with van der Waals surface area (Å²) in [6.07, 6.45) is 5.37. The molecule has 4 aliphatic rings. The summed E-state index contributed by atoms with van der Waals surface area (Å²) in [6, 6.07) is 10.2. The number of hydrogen-bond donors (Lipinski definition) is 1. The van der Waals surface area contributed by atoms with E-state index >= 15 is 0 Å². The Morgan fingerprint density at radius 1 is 0.958 bits per heavy atom. The SMILES string of the molecule is Cc1cc(Nc2cc(N3OCC[C@@H]3c3cccc(F)c3F)ncn2)cc(N2CC(CS(C)(=O)=O)C2)c1N1CCC(N2CCOCC2)CC1. The van der Waals surface area contributed by atoms with E-state index in [1.54, 1.807) is 12.1 Å². The van der Waals surface area contributed by atoms with E-state index in [1.807, 2.05) is 0 Å². The number of hydroxylamine groups is 1. The molecule has 0 bridgehead atoms. The Bertz CT molecular complexity index is 1730. The monoisotopic (exact) mass is 683 g/mol. The van der Waals surface area contributed by atoms with Crippen LogP contribution in [0.5, 0.6) is 0 Å². The van der Waals surface area contributed by atoms with Crippen LogP contribution in [0.4, 0.5) is 37.5 Å². The van der Waals surface area contributed by atoms with E-state index in [9.17, 15) is 17.2 Å². The van der Waals surface area contributed by atoms with E-state index < -0.39 is 27.5 Å². The van der Waals surface area contributed by atoms with Crippen molar-refractivity contribution in [1.82, 2.24) is 14.9 Å². The van der Waals surface area contributed by atoms with Crippen molar-refractivity contribution < 1.29 is 26.8 Å². The van der Waals surface area contributed by atoms with Gasteiger partial charge in [-0.1, -0.05) is 12.1 Å². The first-order chi connectivity index (χ1) is 23.1.